The molecular weight excluding hydrogens is 527 g/mol. The van der Waals surface area contributed by atoms with Crippen LogP contribution in [0.5, 0.6) is 28.7 Å². The molecule has 9 heteroatoms. The number of halogens is 2. The van der Waals surface area contributed by atoms with Crippen LogP contribution >= 0.6 is 23.2 Å². The van der Waals surface area contributed by atoms with Crippen LogP contribution in [0.3, 0.4) is 0 Å². The number of nitrogens with zero attached hydrogens (tertiary/aromatic N) is 2. The highest BCUT2D eigenvalue weighted by Crippen LogP contribution is 2.40. The van der Waals surface area contributed by atoms with Crippen molar-refractivity contribution in [2.45, 2.75) is 13.3 Å². The van der Waals surface area contributed by atoms with Gasteiger partial charge in [-0.05, 0) is 55.0 Å². The molecular formula is C29H26Cl2N2O5. The van der Waals surface area contributed by atoms with Gasteiger partial charge in [0.1, 0.15) is 17.2 Å². The van der Waals surface area contributed by atoms with E-state index in [0.717, 1.165) is 27.8 Å². The summed E-state index contributed by atoms with van der Waals surface area (Å²) in [7, 11) is 0. The van der Waals surface area contributed by atoms with Crippen molar-refractivity contribution in [1.82, 2.24) is 4.98 Å². The molecule has 1 aliphatic rings. The zero-order valence-electron chi connectivity index (χ0n) is 20.8. The van der Waals surface area contributed by atoms with Gasteiger partial charge in [0.05, 0.1) is 11.9 Å². The molecule has 1 aliphatic heterocycles. The summed E-state index contributed by atoms with van der Waals surface area (Å²) in [6, 6.07) is 20.3. The number of ether oxygens (including phenoxy) is 4. The van der Waals surface area contributed by atoms with Crippen molar-refractivity contribution in [3.8, 4) is 28.7 Å². The second-order valence-corrected chi connectivity index (χ2v) is 9.50. The van der Waals surface area contributed by atoms with Crippen molar-refractivity contribution < 1.29 is 23.7 Å². The Morgan fingerprint density at radius 3 is 2.26 bits per heavy atom. The first kappa shape index (κ1) is 25.9. The first-order valence-corrected chi connectivity index (χ1v) is 13.2. The van der Waals surface area contributed by atoms with Crippen molar-refractivity contribution in [2.75, 3.05) is 36.5 Å². The van der Waals surface area contributed by atoms with Crippen LogP contribution in [-0.2, 0) is 11.2 Å². The summed E-state index contributed by atoms with van der Waals surface area (Å²) >= 11 is 11.8. The van der Waals surface area contributed by atoms with Crippen LogP contribution in [0.4, 0.5) is 5.69 Å². The largest absolute Gasteiger partial charge is 0.457 e. The summed E-state index contributed by atoms with van der Waals surface area (Å²) in [5.41, 5.74) is 3.38. The van der Waals surface area contributed by atoms with E-state index in [-0.39, 0.29) is 19.2 Å². The highest BCUT2D eigenvalue weighted by Gasteiger charge is 2.18. The number of carbonyl (C=O) groups is 1. The van der Waals surface area contributed by atoms with Crippen LogP contribution in [0.1, 0.15) is 11.3 Å². The van der Waals surface area contributed by atoms with E-state index in [2.05, 4.69) is 9.88 Å². The van der Waals surface area contributed by atoms with Gasteiger partial charge in [-0.3, -0.25) is 9.78 Å². The molecule has 0 saturated heterocycles. The number of carbonyl (C=O) groups excluding carboxylic acids is 1. The van der Waals surface area contributed by atoms with Gasteiger partial charge in [0.2, 0.25) is 6.79 Å². The van der Waals surface area contributed by atoms with Crippen molar-refractivity contribution in [1.29, 1.82) is 0 Å². The molecule has 0 spiro atoms. The lowest BCUT2D eigenvalue weighted by molar-refractivity contribution is -0.133. The van der Waals surface area contributed by atoms with E-state index >= 15 is 0 Å². The number of pyridine rings is 1. The number of aromatic nitrogens is 1. The summed E-state index contributed by atoms with van der Waals surface area (Å²) < 4.78 is 22.7. The lowest BCUT2D eigenvalue weighted by Crippen LogP contribution is -2.27. The molecule has 1 aromatic heterocycles. The Morgan fingerprint density at radius 2 is 1.58 bits per heavy atom. The zero-order valence-corrected chi connectivity index (χ0v) is 22.3. The lowest BCUT2D eigenvalue weighted by Gasteiger charge is -2.22. The molecule has 0 atom stereocenters. The Kier molecular flexibility index (Phi) is 8.05. The minimum Gasteiger partial charge on any atom is -0.457 e. The average Bonchev–Trinajstić information content (AvgIpc) is 3.36. The quantitative estimate of drug-likeness (QED) is 0.126. The molecule has 3 aromatic carbocycles. The van der Waals surface area contributed by atoms with Gasteiger partial charge in [0.15, 0.2) is 11.5 Å². The molecule has 0 amide bonds. The van der Waals surface area contributed by atoms with E-state index in [0.29, 0.717) is 53.6 Å². The van der Waals surface area contributed by atoms with Crippen LogP contribution in [0.2, 0.25) is 0 Å². The van der Waals surface area contributed by atoms with Crippen molar-refractivity contribution >= 4 is 45.8 Å². The third kappa shape index (κ3) is 6.06. The molecule has 5 rings (SSSR count). The van der Waals surface area contributed by atoms with Gasteiger partial charge in [-0.25, -0.2) is 0 Å². The van der Waals surface area contributed by atoms with Gasteiger partial charge in [-0.2, -0.15) is 0 Å². The van der Waals surface area contributed by atoms with Crippen LogP contribution in [0.25, 0.3) is 10.9 Å². The number of hydrogen-bond acceptors (Lipinski definition) is 7. The van der Waals surface area contributed by atoms with Gasteiger partial charge in [0.25, 0.3) is 0 Å². The number of hydrogen-bond donors (Lipinski definition) is 0. The Labute approximate surface area is 230 Å². The Balaban J connectivity index is 1.22. The first-order valence-electron chi connectivity index (χ1n) is 12.2. The van der Waals surface area contributed by atoms with E-state index in [1.54, 1.807) is 12.1 Å². The normalized spacial score (nSPS) is 12.0. The van der Waals surface area contributed by atoms with Crippen LogP contribution < -0.4 is 23.8 Å². The summed E-state index contributed by atoms with van der Waals surface area (Å²) in [5.74, 6) is 3.78. The minimum atomic E-state index is -0.350. The number of benzene rings is 3. The standard InChI is InChI=1S/C29H26Cl2N2O5/c1-19-14-26(24-16-27-28(36-18-35-27)17-25(24)32-19)37-22-6-2-20(3-7-22)15-29(34)38-23-8-4-21(5-9-23)33(12-10-30)13-11-31/h2-9,14,16-17H,10-13,15,18H2,1H3. The summed E-state index contributed by atoms with van der Waals surface area (Å²) in [4.78, 5) is 19.2. The van der Waals surface area contributed by atoms with Gasteiger partial charge in [-0.1, -0.05) is 12.1 Å². The highest BCUT2D eigenvalue weighted by atomic mass is 35.5. The number of alkyl halides is 2. The third-order valence-electron chi connectivity index (χ3n) is 6.04. The Morgan fingerprint density at radius 1 is 0.921 bits per heavy atom. The molecule has 38 heavy (non-hydrogen) atoms. The van der Waals surface area contributed by atoms with E-state index in [1.165, 1.54) is 0 Å². The highest BCUT2D eigenvalue weighted by molar-refractivity contribution is 6.18. The maximum absolute atomic E-state index is 12.5. The zero-order chi connectivity index (χ0) is 26.5. The molecule has 0 fully saturated rings. The fraction of sp³-hybridized carbons (Fsp3) is 0.241. The van der Waals surface area contributed by atoms with Gasteiger partial charge < -0.3 is 23.8 Å². The third-order valence-corrected chi connectivity index (χ3v) is 6.37. The van der Waals surface area contributed by atoms with Crippen LogP contribution in [0.15, 0.2) is 66.7 Å². The smallest absolute Gasteiger partial charge is 0.315 e. The maximum atomic E-state index is 12.5. The molecule has 0 unspecified atom stereocenters. The van der Waals surface area contributed by atoms with Gasteiger partial charge >= 0.3 is 5.97 Å². The molecule has 0 radical (unpaired) electrons. The van der Waals surface area contributed by atoms with E-state index < -0.39 is 0 Å². The number of aryl methyl sites for hydroxylation is 1. The number of esters is 1. The predicted molar refractivity (Wildman–Crippen MR) is 149 cm³/mol. The summed E-state index contributed by atoms with van der Waals surface area (Å²) in [6.07, 6.45) is 0.132. The molecule has 196 valence electrons. The van der Waals surface area contributed by atoms with Gasteiger partial charge in [0, 0.05) is 53.7 Å². The molecule has 2 heterocycles. The monoisotopic (exact) mass is 552 g/mol. The van der Waals surface area contributed by atoms with Gasteiger partial charge in [-0.15, -0.1) is 23.2 Å². The average molecular weight is 553 g/mol. The number of anilines is 1. The number of fused-ring (bicyclic) bond motifs is 2. The topological polar surface area (TPSA) is 70.1 Å². The van der Waals surface area contributed by atoms with E-state index in [9.17, 15) is 4.79 Å². The predicted octanol–water partition coefficient (Wildman–Crippen LogP) is 6.50. The van der Waals surface area contributed by atoms with Crippen molar-refractivity contribution in [2.24, 2.45) is 0 Å². The Hall–Kier alpha value is -3.68. The molecule has 0 aliphatic carbocycles. The Bertz CT molecular complexity index is 1420. The molecule has 0 saturated carbocycles. The minimum absolute atomic E-state index is 0.132. The van der Waals surface area contributed by atoms with Crippen LogP contribution in [0, 0.1) is 6.92 Å². The fourth-order valence-corrected chi connectivity index (χ4v) is 4.64. The van der Waals surface area contributed by atoms with Crippen LogP contribution in [-0.4, -0.2) is 42.6 Å². The second-order valence-electron chi connectivity index (χ2n) is 8.74. The fourth-order valence-electron chi connectivity index (χ4n) is 4.23. The summed E-state index contributed by atoms with van der Waals surface area (Å²) in [6.45, 7) is 3.48. The second kappa shape index (κ2) is 11.8. The molecule has 7 nitrogen and oxygen atoms in total. The molecule has 0 N–H and O–H groups in total. The van der Waals surface area contributed by atoms with Crippen molar-refractivity contribution in [3.05, 3.63) is 78.0 Å². The lowest BCUT2D eigenvalue weighted by atomic mass is 10.1. The maximum Gasteiger partial charge on any atom is 0.315 e. The van der Waals surface area contributed by atoms with E-state index in [4.69, 9.17) is 42.1 Å². The SMILES string of the molecule is Cc1cc(Oc2ccc(CC(=O)Oc3ccc(N(CCCl)CCCl)cc3)cc2)c2cc3c(cc2n1)OCO3. The number of rotatable bonds is 10. The summed E-state index contributed by atoms with van der Waals surface area (Å²) in [5, 5.41) is 0.826. The first-order chi connectivity index (χ1) is 18.5. The molecule has 0 bridgehead atoms. The van der Waals surface area contributed by atoms with E-state index in [1.807, 2.05) is 61.5 Å². The molecule has 4 aromatic rings. The van der Waals surface area contributed by atoms with Crippen molar-refractivity contribution in [3.63, 3.8) is 0 Å².